The second-order valence-corrected chi connectivity index (χ2v) is 6.77. The Bertz CT molecular complexity index is 609. The lowest BCUT2D eigenvalue weighted by atomic mass is 9.93. The fourth-order valence-electron chi connectivity index (χ4n) is 3.87. The van der Waals surface area contributed by atoms with Crippen LogP contribution in [0, 0.1) is 0 Å². The molecule has 138 valence electrons. The second kappa shape index (κ2) is 7.97. The van der Waals surface area contributed by atoms with E-state index in [2.05, 4.69) is 10.3 Å². The highest BCUT2D eigenvalue weighted by Gasteiger charge is 2.35. The number of amides is 2. The van der Waals surface area contributed by atoms with Crippen LogP contribution in [0.1, 0.15) is 31.4 Å². The summed E-state index contributed by atoms with van der Waals surface area (Å²) in [6, 6.07) is -0.386. The molecule has 25 heavy (non-hydrogen) atoms. The van der Waals surface area contributed by atoms with Gasteiger partial charge >= 0.3 is 0 Å². The maximum absolute atomic E-state index is 12.9. The van der Waals surface area contributed by atoms with Crippen LogP contribution in [0.5, 0.6) is 0 Å². The third kappa shape index (κ3) is 3.85. The molecule has 8 heteroatoms. The molecule has 2 saturated heterocycles. The summed E-state index contributed by atoms with van der Waals surface area (Å²) in [4.78, 5) is 32.4. The van der Waals surface area contributed by atoms with Crippen molar-refractivity contribution in [2.75, 3.05) is 39.3 Å². The highest BCUT2D eigenvalue weighted by atomic mass is 16.3. The third-order valence-electron chi connectivity index (χ3n) is 5.24. The van der Waals surface area contributed by atoms with E-state index >= 15 is 0 Å². The number of hydrogen-bond donors (Lipinski definition) is 2. The van der Waals surface area contributed by atoms with Crippen LogP contribution in [0.15, 0.2) is 12.5 Å². The average molecular weight is 349 g/mol. The Morgan fingerprint density at radius 1 is 1.32 bits per heavy atom. The van der Waals surface area contributed by atoms with Gasteiger partial charge in [-0.25, -0.2) is 4.98 Å². The number of aliphatic hydroxyl groups is 1. The topological polar surface area (TPSA) is 90.7 Å². The zero-order chi connectivity index (χ0) is 17.8. The summed E-state index contributed by atoms with van der Waals surface area (Å²) in [6.07, 6.45) is 5.37. The minimum atomic E-state index is -0.386. The summed E-state index contributed by atoms with van der Waals surface area (Å²) in [5.41, 5.74) is 1.13. The van der Waals surface area contributed by atoms with Crippen molar-refractivity contribution in [1.29, 1.82) is 0 Å². The SMILES string of the molecule is CC(=O)N1CCNC[C@@H]1C(=O)N1CCC(c2cncn2CCO)CC1. The molecule has 2 aliphatic heterocycles. The molecule has 0 aromatic carbocycles. The summed E-state index contributed by atoms with van der Waals surface area (Å²) in [5, 5.41) is 12.4. The zero-order valence-corrected chi connectivity index (χ0v) is 14.7. The van der Waals surface area contributed by atoms with Gasteiger partial charge in [-0.3, -0.25) is 9.59 Å². The van der Waals surface area contributed by atoms with Gasteiger partial charge in [0.25, 0.3) is 0 Å². The molecular formula is C17H27N5O3. The van der Waals surface area contributed by atoms with Gasteiger partial charge in [-0.1, -0.05) is 0 Å². The standard InChI is InChI=1S/C17H27N5O3/c1-13(24)22-7-4-18-11-16(22)17(25)20-5-2-14(3-6-20)15-10-19-12-21(15)8-9-23/h10,12,14,16,18,23H,2-9,11H2,1H3/t16-/m1/s1. The number of likely N-dealkylation sites (tertiary alicyclic amines) is 1. The van der Waals surface area contributed by atoms with Gasteiger partial charge in [-0.2, -0.15) is 0 Å². The second-order valence-electron chi connectivity index (χ2n) is 6.77. The number of aliphatic hydroxyl groups excluding tert-OH is 1. The fourth-order valence-corrected chi connectivity index (χ4v) is 3.87. The summed E-state index contributed by atoms with van der Waals surface area (Å²) >= 11 is 0. The van der Waals surface area contributed by atoms with Crippen molar-refractivity contribution in [1.82, 2.24) is 24.7 Å². The summed E-state index contributed by atoms with van der Waals surface area (Å²) < 4.78 is 1.99. The number of carbonyl (C=O) groups excluding carboxylic acids is 2. The first kappa shape index (κ1) is 17.9. The van der Waals surface area contributed by atoms with Crippen molar-refractivity contribution in [2.24, 2.45) is 0 Å². The number of nitrogens with zero attached hydrogens (tertiary/aromatic N) is 4. The molecule has 0 spiro atoms. The first-order valence-corrected chi connectivity index (χ1v) is 8.99. The van der Waals surface area contributed by atoms with Crippen LogP contribution < -0.4 is 5.32 Å². The Labute approximate surface area is 147 Å². The number of aromatic nitrogens is 2. The van der Waals surface area contributed by atoms with E-state index in [9.17, 15) is 9.59 Å². The first-order valence-electron chi connectivity index (χ1n) is 8.99. The van der Waals surface area contributed by atoms with E-state index in [0.29, 0.717) is 38.6 Å². The molecule has 0 saturated carbocycles. The lowest BCUT2D eigenvalue weighted by molar-refractivity contribution is -0.146. The minimum Gasteiger partial charge on any atom is -0.395 e. The normalized spacial score (nSPS) is 22.2. The molecule has 3 rings (SSSR count). The fraction of sp³-hybridized carbons (Fsp3) is 0.706. The Kier molecular flexibility index (Phi) is 5.70. The molecule has 2 amide bonds. The van der Waals surface area contributed by atoms with Crippen molar-refractivity contribution in [3.8, 4) is 0 Å². The highest BCUT2D eigenvalue weighted by Crippen LogP contribution is 2.28. The number of hydrogen-bond acceptors (Lipinski definition) is 5. The van der Waals surface area contributed by atoms with E-state index in [1.807, 2.05) is 15.7 Å². The first-order chi connectivity index (χ1) is 12.1. The molecule has 0 aliphatic carbocycles. The Morgan fingerprint density at radius 3 is 2.76 bits per heavy atom. The van der Waals surface area contributed by atoms with Crippen molar-refractivity contribution >= 4 is 11.8 Å². The molecule has 0 radical (unpaired) electrons. The summed E-state index contributed by atoms with van der Waals surface area (Å²) in [6.45, 7) is 5.41. The Morgan fingerprint density at radius 2 is 2.08 bits per heavy atom. The predicted octanol–water partition coefficient (Wildman–Crippen LogP) is -0.598. The van der Waals surface area contributed by atoms with E-state index in [-0.39, 0.29) is 24.5 Å². The van der Waals surface area contributed by atoms with Gasteiger partial charge in [0.2, 0.25) is 11.8 Å². The van der Waals surface area contributed by atoms with Gasteiger partial charge in [-0.05, 0) is 12.8 Å². The molecule has 0 unspecified atom stereocenters. The van der Waals surface area contributed by atoms with Crippen molar-refractivity contribution < 1.29 is 14.7 Å². The molecule has 1 aromatic heterocycles. The van der Waals surface area contributed by atoms with Gasteiger partial charge in [0.1, 0.15) is 6.04 Å². The molecule has 1 aromatic rings. The van der Waals surface area contributed by atoms with Crippen LogP contribution in [0.3, 0.4) is 0 Å². The summed E-state index contributed by atoms with van der Waals surface area (Å²) in [5.74, 6) is 0.360. The van der Waals surface area contributed by atoms with Gasteiger partial charge in [-0.15, -0.1) is 0 Å². The van der Waals surface area contributed by atoms with Crippen LogP contribution in [0.25, 0.3) is 0 Å². The molecule has 2 fully saturated rings. The van der Waals surface area contributed by atoms with Crippen molar-refractivity contribution in [3.05, 3.63) is 18.2 Å². The Hall–Kier alpha value is -1.93. The van der Waals surface area contributed by atoms with Crippen LogP contribution in [0.4, 0.5) is 0 Å². The van der Waals surface area contributed by atoms with E-state index in [1.165, 1.54) is 6.92 Å². The number of imidazole rings is 1. The average Bonchev–Trinajstić information content (AvgIpc) is 3.10. The van der Waals surface area contributed by atoms with Gasteiger partial charge in [0, 0.05) is 64.0 Å². The Balaban J connectivity index is 1.60. The highest BCUT2D eigenvalue weighted by molar-refractivity contribution is 5.87. The lowest BCUT2D eigenvalue weighted by Crippen LogP contribution is -2.60. The quantitative estimate of drug-likeness (QED) is 0.758. The smallest absolute Gasteiger partial charge is 0.246 e. The molecular weight excluding hydrogens is 322 g/mol. The lowest BCUT2D eigenvalue weighted by Gasteiger charge is -2.40. The van der Waals surface area contributed by atoms with E-state index < -0.39 is 0 Å². The monoisotopic (exact) mass is 349 g/mol. The molecule has 2 aliphatic rings. The van der Waals surface area contributed by atoms with Gasteiger partial charge in [0.15, 0.2) is 0 Å². The van der Waals surface area contributed by atoms with Crippen LogP contribution in [-0.2, 0) is 16.1 Å². The predicted molar refractivity (Wildman–Crippen MR) is 91.9 cm³/mol. The molecule has 0 bridgehead atoms. The van der Waals surface area contributed by atoms with Gasteiger partial charge in [0.05, 0.1) is 12.9 Å². The van der Waals surface area contributed by atoms with E-state index in [4.69, 9.17) is 5.11 Å². The van der Waals surface area contributed by atoms with Crippen LogP contribution >= 0.6 is 0 Å². The number of piperidine rings is 1. The molecule has 8 nitrogen and oxygen atoms in total. The number of rotatable bonds is 4. The zero-order valence-electron chi connectivity index (χ0n) is 14.7. The van der Waals surface area contributed by atoms with E-state index in [0.717, 1.165) is 25.1 Å². The minimum absolute atomic E-state index is 0.0392. The number of nitrogens with one attached hydrogen (secondary N) is 1. The number of carbonyl (C=O) groups is 2. The maximum Gasteiger partial charge on any atom is 0.246 e. The van der Waals surface area contributed by atoms with Crippen molar-refractivity contribution in [2.45, 2.75) is 38.3 Å². The number of piperazine rings is 1. The largest absolute Gasteiger partial charge is 0.395 e. The molecule has 3 heterocycles. The molecule has 1 atom stereocenters. The van der Waals surface area contributed by atoms with Crippen molar-refractivity contribution in [3.63, 3.8) is 0 Å². The molecule has 2 N–H and O–H groups in total. The van der Waals surface area contributed by atoms with Crippen LogP contribution in [0.2, 0.25) is 0 Å². The van der Waals surface area contributed by atoms with Crippen LogP contribution in [-0.4, -0.2) is 81.6 Å². The maximum atomic E-state index is 12.9. The van der Waals surface area contributed by atoms with E-state index in [1.54, 1.807) is 11.2 Å². The summed E-state index contributed by atoms with van der Waals surface area (Å²) in [7, 11) is 0. The third-order valence-corrected chi connectivity index (χ3v) is 5.24. The van der Waals surface area contributed by atoms with Gasteiger partial charge < -0.3 is 24.8 Å².